The van der Waals surface area contributed by atoms with Gasteiger partial charge in [0.2, 0.25) is 5.82 Å². The smallest absolute Gasteiger partial charge is 0.410 e. The lowest BCUT2D eigenvalue weighted by Crippen LogP contribution is -2.42. The van der Waals surface area contributed by atoms with Gasteiger partial charge in [0, 0.05) is 32.5 Å². The maximum Gasteiger partial charge on any atom is 0.410 e. The molecule has 3 saturated heterocycles. The Morgan fingerprint density at radius 1 is 1.23 bits per heavy atom. The third-order valence-corrected chi connectivity index (χ3v) is 7.19. The van der Waals surface area contributed by atoms with E-state index in [1.54, 1.807) is 11.8 Å². The highest BCUT2D eigenvalue weighted by Gasteiger charge is 2.47. The van der Waals surface area contributed by atoms with Gasteiger partial charge in [0.05, 0.1) is 19.5 Å². The van der Waals surface area contributed by atoms with Gasteiger partial charge >= 0.3 is 6.09 Å². The predicted octanol–water partition coefficient (Wildman–Crippen LogP) is -0.457. The van der Waals surface area contributed by atoms with Gasteiger partial charge in [-0.15, -0.1) is 0 Å². The molecule has 0 spiro atoms. The maximum atomic E-state index is 12.3. The lowest BCUT2D eigenvalue weighted by molar-refractivity contribution is -0.137. The van der Waals surface area contributed by atoms with E-state index in [-0.39, 0.29) is 35.0 Å². The SMILES string of the molecule is CCNC(=O)[C@H]1O[C@@H](n2cnc3c(N)nc(C#CCC4CCN(C(=O)OC5CCOC5)CC4)nc32)[C@@H](O)C1O. The molecular weight excluding hydrogens is 510 g/mol. The van der Waals surface area contributed by atoms with Crippen molar-refractivity contribution in [1.82, 2.24) is 29.7 Å². The van der Waals surface area contributed by atoms with Crippen molar-refractivity contribution in [1.29, 1.82) is 0 Å². The molecule has 2 aromatic rings. The number of nitrogens with one attached hydrogen (secondary N) is 1. The second-order valence-electron chi connectivity index (χ2n) is 9.89. The number of hydrogen-bond acceptors (Lipinski definition) is 11. The lowest BCUT2D eigenvalue weighted by Gasteiger charge is -2.31. The van der Waals surface area contributed by atoms with Crippen LogP contribution in [-0.4, -0.2) is 104 Å². The molecule has 0 aliphatic carbocycles. The van der Waals surface area contributed by atoms with Crippen LogP contribution in [0.1, 0.15) is 44.7 Å². The van der Waals surface area contributed by atoms with Crippen molar-refractivity contribution in [3.8, 4) is 11.8 Å². The first-order chi connectivity index (χ1) is 18.9. The Labute approximate surface area is 224 Å². The van der Waals surface area contributed by atoms with Crippen LogP contribution in [0.25, 0.3) is 11.2 Å². The average Bonchev–Trinajstić information content (AvgIpc) is 3.65. The molecule has 0 saturated carbocycles. The van der Waals surface area contributed by atoms with Crippen LogP contribution in [0, 0.1) is 17.8 Å². The second kappa shape index (κ2) is 11.7. The summed E-state index contributed by atoms with van der Waals surface area (Å²) in [5.41, 5.74) is 6.64. The van der Waals surface area contributed by atoms with Gasteiger partial charge in [-0.2, -0.15) is 0 Å². The Morgan fingerprint density at radius 2 is 2.03 bits per heavy atom. The molecule has 5 rings (SSSR count). The Bertz CT molecular complexity index is 1260. The summed E-state index contributed by atoms with van der Waals surface area (Å²) in [5, 5.41) is 23.5. The highest BCUT2D eigenvalue weighted by atomic mass is 16.6. The van der Waals surface area contributed by atoms with Crippen molar-refractivity contribution >= 4 is 29.0 Å². The number of carbonyl (C=O) groups is 2. The molecule has 14 heteroatoms. The zero-order chi connectivity index (χ0) is 27.5. The fourth-order valence-corrected chi connectivity index (χ4v) is 4.98. The molecule has 3 fully saturated rings. The Morgan fingerprint density at radius 3 is 2.74 bits per heavy atom. The number of aliphatic hydroxyl groups is 2. The third-order valence-electron chi connectivity index (χ3n) is 7.19. The van der Waals surface area contributed by atoms with E-state index in [0.717, 1.165) is 19.3 Å². The number of nitrogen functional groups attached to an aromatic ring is 1. The van der Waals surface area contributed by atoms with E-state index in [0.29, 0.717) is 45.2 Å². The van der Waals surface area contributed by atoms with Crippen LogP contribution >= 0.6 is 0 Å². The zero-order valence-electron chi connectivity index (χ0n) is 21.7. The quantitative estimate of drug-likeness (QED) is 0.358. The van der Waals surface area contributed by atoms with Gasteiger partial charge in [-0.05, 0) is 31.6 Å². The molecule has 5 N–H and O–H groups in total. The summed E-state index contributed by atoms with van der Waals surface area (Å²) in [6.45, 7) is 4.41. The Kier molecular flexibility index (Phi) is 8.12. The summed E-state index contributed by atoms with van der Waals surface area (Å²) < 4.78 is 17.8. The van der Waals surface area contributed by atoms with Gasteiger partial charge in [0.15, 0.2) is 23.8 Å². The van der Waals surface area contributed by atoms with Crippen molar-refractivity contribution in [2.75, 3.05) is 38.6 Å². The van der Waals surface area contributed by atoms with E-state index in [2.05, 4.69) is 32.1 Å². The van der Waals surface area contributed by atoms with Crippen molar-refractivity contribution in [2.45, 2.75) is 63.3 Å². The number of hydrogen-bond donors (Lipinski definition) is 4. The molecule has 2 unspecified atom stereocenters. The molecule has 0 bridgehead atoms. The topological polar surface area (TPSA) is 187 Å². The number of likely N-dealkylation sites (N-methyl/N-ethyl adjacent to an activating group) is 1. The molecule has 5 heterocycles. The van der Waals surface area contributed by atoms with Gasteiger partial charge in [-0.25, -0.2) is 19.7 Å². The van der Waals surface area contributed by atoms with Crippen LogP contribution in [0.5, 0.6) is 0 Å². The highest BCUT2D eigenvalue weighted by Crippen LogP contribution is 2.32. The van der Waals surface area contributed by atoms with Crippen molar-refractivity contribution in [3.63, 3.8) is 0 Å². The first-order valence-electron chi connectivity index (χ1n) is 13.2. The van der Waals surface area contributed by atoms with Crippen LogP contribution < -0.4 is 11.1 Å². The number of amides is 2. The van der Waals surface area contributed by atoms with E-state index < -0.39 is 30.4 Å². The first-order valence-corrected chi connectivity index (χ1v) is 13.2. The molecule has 2 aromatic heterocycles. The van der Waals surface area contributed by atoms with Crippen LogP contribution in [0.3, 0.4) is 0 Å². The molecular formula is C25H33N7O7. The molecule has 210 valence electrons. The molecule has 3 aliphatic rings. The number of nitrogens with zero attached hydrogens (tertiary/aromatic N) is 5. The summed E-state index contributed by atoms with van der Waals surface area (Å²) >= 11 is 0. The number of aromatic nitrogens is 4. The number of likely N-dealkylation sites (tertiary alicyclic amines) is 1. The summed E-state index contributed by atoms with van der Waals surface area (Å²) in [4.78, 5) is 39.2. The average molecular weight is 544 g/mol. The first kappa shape index (κ1) is 27.1. The minimum atomic E-state index is -1.43. The van der Waals surface area contributed by atoms with Crippen LogP contribution in [0.2, 0.25) is 0 Å². The van der Waals surface area contributed by atoms with Gasteiger partial charge in [-0.3, -0.25) is 9.36 Å². The largest absolute Gasteiger partial charge is 0.444 e. The monoisotopic (exact) mass is 543 g/mol. The fraction of sp³-hybridized carbons (Fsp3) is 0.640. The number of imidazole rings is 1. The molecule has 0 aromatic carbocycles. The second-order valence-corrected chi connectivity index (χ2v) is 9.89. The van der Waals surface area contributed by atoms with Crippen LogP contribution in [0.15, 0.2) is 6.33 Å². The molecule has 14 nitrogen and oxygen atoms in total. The summed E-state index contributed by atoms with van der Waals surface area (Å²) in [6.07, 6.45) is -1.28. The Balaban J connectivity index is 1.22. The summed E-state index contributed by atoms with van der Waals surface area (Å²) in [7, 11) is 0. The fourth-order valence-electron chi connectivity index (χ4n) is 4.98. The van der Waals surface area contributed by atoms with E-state index in [9.17, 15) is 19.8 Å². The molecule has 39 heavy (non-hydrogen) atoms. The summed E-state index contributed by atoms with van der Waals surface area (Å²) in [5.74, 6) is 6.14. The number of piperidine rings is 1. The van der Waals surface area contributed by atoms with Gasteiger partial charge in [-0.1, -0.05) is 5.92 Å². The molecule has 3 aliphatic heterocycles. The van der Waals surface area contributed by atoms with E-state index in [1.165, 1.54) is 10.9 Å². The Hall–Kier alpha value is -3.51. The number of aliphatic hydroxyl groups excluding tert-OH is 2. The predicted molar refractivity (Wildman–Crippen MR) is 136 cm³/mol. The number of ether oxygens (including phenoxy) is 3. The molecule has 2 amide bonds. The molecule has 5 atom stereocenters. The van der Waals surface area contributed by atoms with Crippen LogP contribution in [-0.2, 0) is 19.0 Å². The minimum Gasteiger partial charge on any atom is -0.444 e. The van der Waals surface area contributed by atoms with Crippen LogP contribution in [0.4, 0.5) is 10.6 Å². The van der Waals surface area contributed by atoms with Gasteiger partial charge in [0.1, 0.15) is 23.8 Å². The molecule has 0 radical (unpaired) electrons. The minimum absolute atomic E-state index is 0.107. The van der Waals surface area contributed by atoms with E-state index in [4.69, 9.17) is 19.9 Å². The highest BCUT2D eigenvalue weighted by molar-refractivity contribution is 5.83. The lowest BCUT2D eigenvalue weighted by atomic mass is 9.94. The third kappa shape index (κ3) is 5.76. The van der Waals surface area contributed by atoms with Gasteiger partial charge < -0.3 is 40.4 Å². The van der Waals surface area contributed by atoms with Crippen molar-refractivity contribution in [3.05, 3.63) is 12.2 Å². The van der Waals surface area contributed by atoms with Gasteiger partial charge in [0.25, 0.3) is 5.91 Å². The number of rotatable bonds is 5. The van der Waals surface area contributed by atoms with E-state index >= 15 is 0 Å². The maximum absolute atomic E-state index is 12.3. The standard InChI is InChI=1S/C25H33N7O7/c1-2-27-23(35)20-18(33)19(34)24(39-20)32-13-28-17-21(26)29-16(30-22(17)32)5-3-4-14-6-9-31(10-7-14)25(36)38-15-8-11-37-12-15/h13-15,18-20,24,33-34H,2,4,6-12H2,1H3,(H,27,35)(H2,26,29,30)/t15?,18?,19-,20-,24+/m0/s1. The summed E-state index contributed by atoms with van der Waals surface area (Å²) in [6, 6.07) is 0. The zero-order valence-corrected chi connectivity index (χ0v) is 21.7. The normalized spacial score (nSPS) is 27.4. The van der Waals surface area contributed by atoms with Crippen molar-refractivity contribution < 1.29 is 34.0 Å². The van der Waals surface area contributed by atoms with E-state index in [1.807, 2.05) is 0 Å². The van der Waals surface area contributed by atoms with Crippen molar-refractivity contribution in [2.24, 2.45) is 5.92 Å². The number of anilines is 1. The number of nitrogens with two attached hydrogens (primary N) is 1. The number of carbonyl (C=O) groups excluding carboxylic acids is 2. The number of fused-ring (bicyclic) bond motifs is 1.